The molecule has 64 valence electrons. The van der Waals surface area contributed by atoms with E-state index in [2.05, 4.69) is 17.2 Å². The number of hydrogen-bond donors (Lipinski definition) is 1. The first-order valence-electron chi connectivity index (χ1n) is 4.10. The molecule has 0 aromatic carbocycles. The highest BCUT2D eigenvalue weighted by Crippen LogP contribution is 2.22. The molecule has 0 radical (unpaired) electrons. The van der Waals surface area contributed by atoms with E-state index >= 15 is 0 Å². The number of carbonyl (C=O) groups is 1. The van der Waals surface area contributed by atoms with Crippen molar-refractivity contribution < 1.29 is 4.79 Å². The SMILES string of the molecule is CCn1cncc1C1CC(=O)N1. The smallest absolute Gasteiger partial charge is 0.223 e. The van der Waals surface area contributed by atoms with Gasteiger partial charge in [-0.05, 0) is 6.92 Å². The van der Waals surface area contributed by atoms with Crippen LogP contribution in [0, 0.1) is 0 Å². The third-order valence-corrected chi connectivity index (χ3v) is 2.17. The summed E-state index contributed by atoms with van der Waals surface area (Å²) in [6.45, 7) is 2.97. The van der Waals surface area contributed by atoms with Crippen LogP contribution >= 0.6 is 0 Å². The lowest BCUT2D eigenvalue weighted by atomic mass is 10.0. The summed E-state index contributed by atoms with van der Waals surface area (Å²) in [7, 11) is 0. The summed E-state index contributed by atoms with van der Waals surface area (Å²) < 4.78 is 2.05. The summed E-state index contributed by atoms with van der Waals surface area (Å²) in [5.74, 6) is 0.129. The Morgan fingerprint density at radius 3 is 3.17 bits per heavy atom. The predicted octanol–water partition coefficient (Wildman–Crippen LogP) is 0.464. The molecule has 12 heavy (non-hydrogen) atoms. The first-order valence-corrected chi connectivity index (χ1v) is 4.10. The van der Waals surface area contributed by atoms with E-state index in [0.29, 0.717) is 6.42 Å². The molecule has 1 N–H and O–H groups in total. The molecular weight excluding hydrogens is 154 g/mol. The number of β-lactam (4-membered cyclic amide) rings is 1. The monoisotopic (exact) mass is 165 g/mol. The van der Waals surface area contributed by atoms with Gasteiger partial charge in [-0.3, -0.25) is 4.79 Å². The van der Waals surface area contributed by atoms with Crippen molar-refractivity contribution in [2.45, 2.75) is 25.9 Å². The largest absolute Gasteiger partial charge is 0.347 e. The predicted molar refractivity (Wildman–Crippen MR) is 43.4 cm³/mol. The van der Waals surface area contributed by atoms with Gasteiger partial charge in [0.05, 0.1) is 30.7 Å². The highest BCUT2D eigenvalue weighted by molar-refractivity contribution is 5.83. The Balaban J connectivity index is 2.17. The van der Waals surface area contributed by atoms with Crippen LogP contribution < -0.4 is 5.32 Å². The number of nitrogens with one attached hydrogen (secondary N) is 1. The van der Waals surface area contributed by atoms with Gasteiger partial charge in [0.2, 0.25) is 5.91 Å². The lowest BCUT2D eigenvalue weighted by Crippen LogP contribution is -2.42. The average Bonchev–Trinajstić information content (AvgIpc) is 2.45. The van der Waals surface area contributed by atoms with E-state index in [1.54, 1.807) is 6.33 Å². The molecule has 0 bridgehead atoms. The fraction of sp³-hybridized carbons (Fsp3) is 0.500. The Labute approximate surface area is 70.6 Å². The molecule has 4 nitrogen and oxygen atoms in total. The summed E-state index contributed by atoms with van der Waals surface area (Å²) in [6.07, 6.45) is 4.21. The molecule has 4 heteroatoms. The van der Waals surface area contributed by atoms with Crippen molar-refractivity contribution in [3.63, 3.8) is 0 Å². The van der Waals surface area contributed by atoms with E-state index in [9.17, 15) is 4.79 Å². The van der Waals surface area contributed by atoms with E-state index in [4.69, 9.17) is 0 Å². The van der Waals surface area contributed by atoms with Gasteiger partial charge in [0.25, 0.3) is 0 Å². The minimum absolute atomic E-state index is 0.129. The van der Waals surface area contributed by atoms with Crippen LogP contribution in [0.4, 0.5) is 0 Å². The number of amides is 1. The molecule has 0 saturated carbocycles. The molecule has 1 saturated heterocycles. The van der Waals surface area contributed by atoms with Crippen molar-refractivity contribution >= 4 is 5.91 Å². The molecule has 1 aliphatic rings. The molecule has 0 aliphatic carbocycles. The Morgan fingerprint density at radius 2 is 2.58 bits per heavy atom. The van der Waals surface area contributed by atoms with Crippen molar-refractivity contribution in [3.8, 4) is 0 Å². The lowest BCUT2D eigenvalue weighted by Gasteiger charge is -2.27. The van der Waals surface area contributed by atoms with Crippen LogP contribution in [-0.2, 0) is 11.3 Å². The number of aryl methyl sites for hydroxylation is 1. The second kappa shape index (κ2) is 2.62. The van der Waals surface area contributed by atoms with E-state index in [0.717, 1.165) is 12.2 Å². The fourth-order valence-electron chi connectivity index (χ4n) is 1.42. The molecule has 1 fully saturated rings. The maximum absolute atomic E-state index is 10.7. The van der Waals surface area contributed by atoms with Crippen LogP contribution in [0.15, 0.2) is 12.5 Å². The van der Waals surface area contributed by atoms with Gasteiger partial charge < -0.3 is 9.88 Å². The summed E-state index contributed by atoms with van der Waals surface area (Å²) in [4.78, 5) is 14.7. The zero-order valence-corrected chi connectivity index (χ0v) is 6.95. The van der Waals surface area contributed by atoms with Gasteiger partial charge in [-0.1, -0.05) is 0 Å². The van der Waals surface area contributed by atoms with Gasteiger partial charge in [0.1, 0.15) is 0 Å². The standard InChI is InChI=1S/C8H11N3O/c1-2-11-5-9-4-7(11)6-3-8(12)10-6/h4-6H,2-3H2,1H3,(H,10,12). The third kappa shape index (κ3) is 0.995. The topological polar surface area (TPSA) is 46.9 Å². The molecule has 1 aromatic rings. The number of carbonyl (C=O) groups excluding carboxylic acids is 1. The van der Waals surface area contributed by atoms with Gasteiger partial charge in [0.15, 0.2) is 0 Å². The molecule has 1 amide bonds. The van der Waals surface area contributed by atoms with Gasteiger partial charge in [0, 0.05) is 6.54 Å². The number of imidazole rings is 1. The quantitative estimate of drug-likeness (QED) is 0.647. The molecule has 1 atom stereocenters. The zero-order chi connectivity index (χ0) is 8.55. The normalized spacial score (nSPS) is 21.8. The summed E-state index contributed by atoms with van der Waals surface area (Å²) in [5, 5.41) is 2.82. The molecule has 1 aliphatic heterocycles. The Morgan fingerprint density at radius 1 is 1.83 bits per heavy atom. The minimum atomic E-state index is 0.129. The van der Waals surface area contributed by atoms with Crippen molar-refractivity contribution in [1.82, 2.24) is 14.9 Å². The molecule has 1 unspecified atom stereocenters. The lowest BCUT2D eigenvalue weighted by molar-refractivity contribution is -0.128. The van der Waals surface area contributed by atoms with Crippen LogP contribution in [0.3, 0.4) is 0 Å². The zero-order valence-electron chi connectivity index (χ0n) is 6.95. The van der Waals surface area contributed by atoms with Crippen molar-refractivity contribution in [2.75, 3.05) is 0 Å². The maximum Gasteiger partial charge on any atom is 0.223 e. The van der Waals surface area contributed by atoms with E-state index in [1.165, 1.54) is 0 Å². The Kier molecular flexibility index (Phi) is 1.60. The molecule has 2 heterocycles. The molecular formula is C8H11N3O. The van der Waals surface area contributed by atoms with Gasteiger partial charge in [-0.25, -0.2) is 4.98 Å². The summed E-state index contributed by atoms with van der Waals surface area (Å²) in [6, 6.07) is 0.194. The van der Waals surface area contributed by atoms with Gasteiger partial charge in [-0.15, -0.1) is 0 Å². The van der Waals surface area contributed by atoms with Gasteiger partial charge in [-0.2, -0.15) is 0 Å². The first kappa shape index (κ1) is 7.34. The van der Waals surface area contributed by atoms with E-state index in [1.807, 2.05) is 10.8 Å². The number of hydrogen-bond acceptors (Lipinski definition) is 2. The fourth-order valence-corrected chi connectivity index (χ4v) is 1.42. The second-order valence-corrected chi connectivity index (χ2v) is 2.93. The van der Waals surface area contributed by atoms with Crippen LogP contribution in [0.1, 0.15) is 25.1 Å². The van der Waals surface area contributed by atoms with Crippen molar-refractivity contribution in [2.24, 2.45) is 0 Å². The van der Waals surface area contributed by atoms with Crippen LogP contribution in [-0.4, -0.2) is 15.5 Å². The van der Waals surface area contributed by atoms with Crippen LogP contribution in [0.5, 0.6) is 0 Å². The Bertz CT molecular complexity index is 297. The van der Waals surface area contributed by atoms with Crippen molar-refractivity contribution in [1.29, 1.82) is 0 Å². The average molecular weight is 165 g/mol. The number of nitrogens with zero attached hydrogens (tertiary/aromatic N) is 2. The number of aromatic nitrogens is 2. The first-order chi connectivity index (χ1) is 5.81. The molecule has 0 spiro atoms. The third-order valence-electron chi connectivity index (χ3n) is 2.17. The maximum atomic E-state index is 10.7. The highest BCUT2D eigenvalue weighted by atomic mass is 16.2. The van der Waals surface area contributed by atoms with Crippen LogP contribution in [0.2, 0.25) is 0 Å². The molecule has 1 aromatic heterocycles. The van der Waals surface area contributed by atoms with E-state index in [-0.39, 0.29) is 11.9 Å². The van der Waals surface area contributed by atoms with Crippen molar-refractivity contribution in [3.05, 3.63) is 18.2 Å². The summed E-state index contributed by atoms with van der Waals surface area (Å²) >= 11 is 0. The van der Waals surface area contributed by atoms with E-state index < -0.39 is 0 Å². The van der Waals surface area contributed by atoms with Crippen LogP contribution in [0.25, 0.3) is 0 Å². The highest BCUT2D eigenvalue weighted by Gasteiger charge is 2.28. The second-order valence-electron chi connectivity index (χ2n) is 2.93. The van der Waals surface area contributed by atoms with Gasteiger partial charge >= 0.3 is 0 Å². The molecule has 2 rings (SSSR count). The minimum Gasteiger partial charge on any atom is -0.347 e. The summed E-state index contributed by atoms with van der Waals surface area (Å²) in [5.41, 5.74) is 1.11. The Hall–Kier alpha value is -1.32. The number of rotatable bonds is 2.